The van der Waals surface area contributed by atoms with Crippen LogP contribution >= 0.6 is 0 Å². The van der Waals surface area contributed by atoms with Crippen molar-refractivity contribution >= 4 is 5.97 Å². The lowest BCUT2D eigenvalue weighted by Crippen LogP contribution is -2.47. The Morgan fingerprint density at radius 3 is 2.25 bits per heavy atom. The zero-order valence-corrected chi connectivity index (χ0v) is 10.2. The summed E-state index contributed by atoms with van der Waals surface area (Å²) in [6.07, 6.45) is 1.57. The molecule has 0 unspecified atom stereocenters. The second kappa shape index (κ2) is 7.60. The molecule has 1 heterocycles. The van der Waals surface area contributed by atoms with Crippen molar-refractivity contribution in [3.63, 3.8) is 0 Å². The fourth-order valence-electron chi connectivity index (χ4n) is 1.90. The van der Waals surface area contributed by atoms with Gasteiger partial charge in [-0.05, 0) is 19.5 Å². The van der Waals surface area contributed by atoms with Crippen molar-refractivity contribution in [2.45, 2.75) is 12.8 Å². The number of methoxy groups -OCH3 is 1. The minimum Gasteiger partial charge on any atom is -0.469 e. The Kier molecular flexibility index (Phi) is 6.37. The molecule has 0 amide bonds. The number of hydrogen-bond acceptors (Lipinski definition) is 5. The van der Waals surface area contributed by atoms with Crippen LogP contribution < -0.4 is 5.73 Å². The van der Waals surface area contributed by atoms with Crippen LogP contribution in [0.2, 0.25) is 0 Å². The van der Waals surface area contributed by atoms with Crippen molar-refractivity contribution in [1.29, 1.82) is 0 Å². The summed E-state index contributed by atoms with van der Waals surface area (Å²) in [5.74, 6) is -0.120. The molecule has 5 heteroatoms. The highest BCUT2D eigenvalue weighted by Crippen LogP contribution is 2.03. The first-order chi connectivity index (χ1) is 7.76. The Labute approximate surface area is 97.5 Å². The largest absolute Gasteiger partial charge is 0.469 e. The van der Waals surface area contributed by atoms with E-state index < -0.39 is 0 Å². The quantitative estimate of drug-likeness (QED) is 0.623. The number of nitrogens with zero attached hydrogens (tertiary/aromatic N) is 2. The SMILES string of the molecule is COC(=O)CCN1CCN(CCCN)CC1. The summed E-state index contributed by atoms with van der Waals surface area (Å²) in [7, 11) is 1.44. The van der Waals surface area contributed by atoms with Crippen molar-refractivity contribution in [1.82, 2.24) is 9.80 Å². The van der Waals surface area contributed by atoms with E-state index in [1.807, 2.05) is 0 Å². The van der Waals surface area contributed by atoms with Crippen LogP contribution in [0.3, 0.4) is 0 Å². The fraction of sp³-hybridized carbons (Fsp3) is 0.909. The minimum absolute atomic E-state index is 0.120. The van der Waals surface area contributed by atoms with Gasteiger partial charge < -0.3 is 20.3 Å². The lowest BCUT2D eigenvalue weighted by molar-refractivity contribution is -0.141. The normalized spacial score (nSPS) is 18.6. The van der Waals surface area contributed by atoms with E-state index in [1.54, 1.807) is 0 Å². The first kappa shape index (κ1) is 13.4. The minimum atomic E-state index is -0.120. The van der Waals surface area contributed by atoms with E-state index in [0.717, 1.165) is 52.2 Å². The summed E-state index contributed by atoms with van der Waals surface area (Å²) < 4.78 is 4.63. The number of carbonyl (C=O) groups is 1. The Bertz CT molecular complexity index is 203. The highest BCUT2D eigenvalue weighted by molar-refractivity contribution is 5.69. The van der Waals surface area contributed by atoms with Crippen molar-refractivity contribution in [2.75, 3.05) is 52.9 Å². The summed E-state index contributed by atoms with van der Waals surface area (Å²) in [4.78, 5) is 15.7. The molecule has 0 aromatic heterocycles. The second-order valence-corrected chi connectivity index (χ2v) is 4.15. The maximum Gasteiger partial charge on any atom is 0.306 e. The predicted molar refractivity (Wildman–Crippen MR) is 63.2 cm³/mol. The van der Waals surface area contributed by atoms with Crippen LogP contribution in [-0.2, 0) is 9.53 Å². The third-order valence-electron chi connectivity index (χ3n) is 3.00. The van der Waals surface area contributed by atoms with Gasteiger partial charge in [0.25, 0.3) is 0 Å². The molecule has 1 saturated heterocycles. The van der Waals surface area contributed by atoms with Crippen LogP contribution in [-0.4, -0.2) is 68.7 Å². The number of ether oxygens (including phenoxy) is 1. The molecule has 94 valence electrons. The molecule has 0 bridgehead atoms. The predicted octanol–water partition coefficient (Wildman–Crippen LogP) is -0.484. The number of nitrogens with two attached hydrogens (primary N) is 1. The Balaban J connectivity index is 2.09. The average molecular weight is 229 g/mol. The van der Waals surface area contributed by atoms with Crippen LogP contribution in [0, 0.1) is 0 Å². The zero-order valence-electron chi connectivity index (χ0n) is 10.2. The summed E-state index contributed by atoms with van der Waals surface area (Å²) in [6, 6.07) is 0. The molecule has 0 radical (unpaired) electrons. The van der Waals surface area contributed by atoms with E-state index in [4.69, 9.17) is 5.73 Å². The third-order valence-corrected chi connectivity index (χ3v) is 3.00. The van der Waals surface area contributed by atoms with Gasteiger partial charge in [0, 0.05) is 32.7 Å². The number of piperazine rings is 1. The molecule has 0 aromatic carbocycles. The molecule has 16 heavy (non-hydrogen) atoms. The molecule has 5 nitrogen and oxygen atoms in total. The smallest absolute Gasteiger partial charge is 0.306 e. The fourth-order valence-corrected chi connectivity index (χ4v) is 1.90. The first-order valence-electron chi connectivity index (χ1n) is 5.98. The Hall–Kier alpha value is -0.650. The molecule has 1 rings (SSSR count). The molecule has 0 spiro atoms. The average Bonchev–Trinajstić information content (AvgIpc) is 2.34. The van der Waals surface area contributed by atoms with E-state index in [2.05, 4.69) is 14.5 Å². The topological polar surface area (TPSA) is 58.8 Å². The van der Waals surface area contributed by atoms with Gasteiger partial charge in [-0.3, -0.25) is 4.79 Å². The van der Waals surface area contributed by atoms with Gasteiger partial charge in [-0.15, -0.1) is 0 Å². The van der Waals surface area contributed by atoms with Crippen LogP contribution in [0.5, 0.6) is 0 Å². The van der Waals surface area contributed by atoms with Crippen molar-refractivity contribution in [2.24, 2.45) is 5.73 Å². The van der Waals surface area contributed by atoms with Gasteiger partial charge in [0.15, 0.2) is 0 Å². The van der Waals surface area contributed by atoms with Crippen LogP contribution in [0.4, 0.5) is 0 Å². The number of esters is 1. The van der Waals surface area contributed by atoms with Crippen molar-refractivity contribution in [3.8, 4) is 0 Å². The number of carbonyl (C=O) groups excluding carboxylic acids is 1. The summed E-state index contributed by atoms with van der Waals surface area (Å²) in [5.41, 5.74) is 5.48. The highest BCUT2D eigenvalue weighted by atomic mass is 16.5. The summed E-state index contributed by atoms with van der Waals surface area (Å²) >= 11 is 0. The molecule has 2 N–H and O–H groups in total. The van der Waals surface area contributed by atoms with Gasteiger partial charge in [0.2, 0.25) is 0 Å². The molecule has 0 aliphatic carbocycles. The molecule has 0 saturated carbocycles. The van der Waals surface area contributed by atoms with Gasteiger partial charge in [-0.1, -0.05) is 0 Å². The number of rotatable bonds is 6. The Morgan fingerprint density at radius 2 is 1.75 bits per heavy atom. The van der Waals surface area contributed by atoms with Gasteiger partial charge in [-0.2, -0.15) is 0 Å². The van der Waals surface area contributed by atoms with Crippen molar-refractivity contribution in [3.05, 3.63) is 0 Å². The van der Waals surface area contributed by atoms with E-state index in [0.29, 0.717) is 6.42 Å². The summed E-state index contributed by atoms with van der Waals surface area (Å²) in [6.45, 7) is 6.94. The van der Waals surface area contributed by atoms with Crippen LogP contribution in [0.25, 0.3) is 0 Å². The zero-order chi connectivity index (χ0) is 11.8. The molecular weight excluding hydrogens is 206 g/mol. The molecule has 0 atom stereocenters. The van der Waals surface area contributed by atoms with E-state index in [-0.39, 0.29) is 5.97 Å². The van der Waals surface area contributed by atoms with Gasteiger partial charge in [0.1, 0.15) is 0 Å². The monoisotopic (exact) mass is 229 g/mol. The lowest BCUT2D eigenvalue weighted by Gasteiger charge is -2.34. The van der Waals surface area contributed by atoms with Crippen molar-refractivity contribution < 1.29 is 9.53 Å². The molecule has 1 fully saturated rings. The van der Waals surface area contributed by atoms with Crippen LogP contribution in [0.1, 0.15) is 12.8 Å². The summed E-state index contributed by atoms with van der Waals surface area (Å²) in [5, 5.41) is 0. The highest BCUT2D eigenvalue weighted by Gasteiger charge is 2.16. The maximum atomic E-state index is 11.0. The van der Waals surface area contributed by atoms with Gasteiger partial charge >= 0.3 is 5.97 Å². The maximum absolute atomic E-state index is 11.0. The number of hydrogen-bond donors (Lipinski definition) is 1. The molecular formula is C11H23N3O2. The lowest BCUT2D eigenvalue weighted by atomic mass is 10.2. The molecule has 1 aliphatic rings. The molecule has 1 aliphatic heterocycles. The van der Waals surface area contributed by atoms with E-state index in [9.17, 15) is 4.79 Å². The van der Waals surface area contributed by atoms with E-state index >= 15 is 0 Å². The Morgan fingerprint density at radius 1 is 1.19 bits per heavy atom. The van der Waals surface area contributed by atoms with Gasteiger partial charge in [0.05, 0.1) is 13.5 Å². The molecule has 0 aromatic rings. The third kappa shape index (κ3) is 4.92. The second-order valence-electron chi connectivity index (χ2n) is 4.15. The van der Waals surface area contributed by atoms with E-state index in [1.165, 1.54) is 7.11 Å². The van der Waals surface area contributed by atoms with Gasteiger partial charge in [-0.25, -0.2) is 0 Å². The first-order valence-corrected chi connectivity index (χ1v) is 5.98. The standard InChI is InChI=1S/C11H23N3O2/c1-16-11(15)3-6-14-9-7-13(8-10-14)5-2-4-12/h2-10,12H2,1H3. The van der Waals surface area contributed by atoms with Crippen LogP contribution in [0.15, 0.2) is 0 Å².